The maximum Gasteiger partial charge on any atom is 0.338 e. The number of carbonyl (C=O) groups is 3. The summed E-state index contributed by atoms with van der Waals surface area (Å²) in [7, 11) is 0. The van der Waals surface area contributed by atoms with Gasteiger partial charge in [-0.1, -0.05) is 5.21 Å². The number of anilines is 1. The molecule has 0 spiro atoms. The number of rotatable bonds is 6. The van der Waals surface area contributed by atoms with Gasteiger partial charge in [0.05, 0.1) is 16.6 Å². The number of ether oxygens (including phenoxy) is 1. The lowest BCUT2D eigenvalue weighted by Crippen LogP contribution is -2.23. The van der Waals surface area contributed by atoms with E-state index in [1.165, 1.54) is 11.3 Å². The standard InChI is InChI=1S/C20H21N5O4S/c1-2-25-14-8-7-11(9-13(14)23-24-25)20(28)29-10-16(26)22-19-17(18(21)27)12-5-3-4-6-15(12)30-19/h7-9H,2-6,10H2,1H3,(H2,21,27)(H,22,26). The van der Waals surface area contributed by atoms with Gasteiger partial charge in [-0.15, -0.1) is 16.4 Å². The van der Waals surface area contributed by atoms with E-state index in [-0.39, 0.29) is 5.56 Å². The van der Waals surface area contributed by atoms with Crippen LogP contribution in [-0.4, -0.2) is 39.4 Å². The zero-order valence-corrected chi connectivity index (χ0v) is 17.3. The lowest BCUT2D eigenvalue weighted by atomic mass is 9.95. The summed E-state index contributed by atoms with van der Waals surface area (Å²) in [4.78, 5) is 37.6. The van der Waals surface area contributed by atoms with Crippen LogP contribution in [0.3, 0.4) is 0 Å². The second-order valence-corrected chi connectivity index (χ2v) is 8.12. The van der Waals surface area contributed by atoms with Crippen LogP contribution in [0.1, 0.15) is 50.9 Å². The number of amides is 2. The fourth-order valence-electron chi connectivity index (χ4n) is 3.62. The third-order valence-corrected chi connectivity index (χ3v) is 6.26. The number of esters is 1. The number of nitrogens with two attached hydrogens (primary N) is 1. The van der Waals surface area contributed by atoms with Crippen molar-refractivity contribution in [2.24, 2.45) is 5.73 Å². The molecule has 2 amide bonds. The molecule has 4 rings (SSSR count). The minimum absolute atomic E-state index is 0.280. The molecule has 2 heterocycles. The molecule has 10 heteroatoms. The van der Waals surface area contributed by atoms with Gasteiger partial charge in [0, 0.05) is 11.4 Å². The van der Waals surface area contributed by atoms with Crippen LogP contribution in [0, 0.1) is 0 Å². The molecule has 0 fully saturated rings. The quantitative estimate of drug-likeness (QED) is 0.581. The Kier molecular flexibility index (Phi) is 5.49. The van der Waals surface area contributed by atoms with E-state index in [9.17, 15) is 14.4 Å². The molecule has 30 heavy (non-hydrogen) atoms. The molecule has 2 aromatic heterocycles. The average molecular weight is 427 g/mol. The van der Waals surface area contributed by atoms with Gasteiger partial charge < -0.3 is 15.8 Å². The smallest absolute Gasteiger partial charge is 0.338 e. The highest BCUT2D eigenvalue weighted by Gasteiger charge is 2.25. The SMILES string of the molecule is CCn1nnc2cc(C(=O)OCC(=O)Nc3sc4c(c3C(N)=O)CCCC4)ccc21. The number of carbonyl (C=O) groups excluding carboxylic acids is 3. The van der Waals surface area contributed by atoms with E-state index in [1.54, 1.807) is 22.9 Å². The zero-order valence-electron chi connectivity index (χ0n) is 16.4. The maximum atomic E-state index is 12.3. The van der Waals surface area contributed by atoms with Crippen molar-refractivity contribution in [3.63, 3.8) is 0 Å². The fraction of sp³-hybridized carbons (Fsp3) is 0.350. The summed E-state index contributed by atoms with van der Waals surface area (Å²) in [6.45, 7) is 2.14. The molecule has 0 saturated heterocycles. The number of primary amides is 1. The van der Waals surface area contributed by atoms with Crippen molar-refractivity contribution < 1.29 is 19.1 Å². The van der Waals surface area contributed by atoms with Crippen molar-refractivity contribution in [1.29, 1.82) is 0 Å². The molecular formula is C20H21N5O4S. The van der Waals surface area contributed by atoms with Crippen molar-refractivity contribution in [2.45, 2.75) is 39.2 Å². The van der Waals surface area contributed by atoms with Gasteiger partial charge in [-0.25, -0.2) is 9.48 Å². The molecule has 1 aromatic carbocycles. The number of nitrogens with zero attached hydrogens (tertiary/aromatic N) is 3. The Morgan fingerprint density at radius 3 is 2.83 bits per heavy atom. The Morgan fingerprint density at radius 1 is 1.27 bits per heavy atom. The summed E-state index contributed by atoms with van der Waals surface area (Å²) in [6.07, 6.45) is 3.69. The number of benzene rings is 1. The van der Waals surface area contributed by atoms with Crippen LogP contribution in [0.25, 0.3) is 11.0 Å². The van der Waals surface area contributed by atoms with E-state index in [1.807, 2.05) is 6.92 Å². The monoisotopic (exact) mass is 427 g/mol. The van der Waals surface area contributed by atoms with Gasteiger partial charge in [0.15, 0.2) is 6.61 Å². The maximum absolute atomic E-state index is 12.3. The predicted molar refractivity (Wildman–Crippen MR) is 112 cm³/mol. The summed E-state index contributed by atoms with van der Waals surface area (Å²) in [6, 6.07) is 4.93. The Hall–Kier alpha value is -3.27. The molecule has 9 nitrogen and oxygen atoms in total. The van der Waals surface area contributed by atoms with Gasteiger partial charge in [-0.05, 0) is 56.4 Å². The van der Waals surface area contributed by atoms with Crippen LogP contribution in [0.2, 0.25) is 0 Å². The molecule has 0 bridgehead atoms. The molecule has 0 saturated carbocycles. The van der Waals surface area contributed by atoms with Crippen LogP contribution in [0.4, 0.5) is 5.00 Å². The van der Waals surface area contributed by atoms with E-state index in [2.05, 4.69) is 15.6 Å². The summed E-state index contributed by atoms with van der Waals surface area (Å²) in [5, 5.41) is 11.1. The average Bonchev–Trinajstić information content (AvgIpc) is 3.31. The predicted octanol–water partition coefficient (Wildman–Crippen LogP) is 2.29. The van der Waals surface area contributed by atoms with E-state index < -0.39 is 24.4 Å². The van der Waals surface area contributed by atoms with Crippen molar-refractivity contribution in [3.05, 3.63) is 39.8 Å². The molecule has 0 unspecified atom stereocenters. The fourth-order valence-corrected chi connectivity index (χ4v) is 4.94. The Bertz CT molecular complexity index is 1150. The first-order valence-corrected chi connectivity index (χ1v) is 10.5. The number of hydrogen-bond acceptors (Lipinski definition) is 7. The third kappa shape index (κ3) is 3.78. The first kappa shape index (κ1) is 20.0. The minimum atomic E-state index is -0.640. The van der Waals surface area contributed by atoms with Crippen molar-refractivity contribution in [3.8, 4) is 0 Å². The van der Waals surface area contributed by atoms with Crippen LogP contribution in [0.5, 0.6) is 0 Å². The van der Waals surface area contributed by atoms with Gasteiger partial charge in [0.25, 0.3) is 11.8 Å². The summed E-state index contributed by atoms with van der Waals surface area (Å²) in [5.41, 5.74) is 8.50. The molecule has 1 aliphatic carbocycles. The first-order valence-electron chi connectivity index (χ1n) is 9.72. The number of nitrogens with one attached hydrogen (secondary N) is 1. The number of hydrogen-bond donors (Lipinski definition) is 2. The van der Waals surface area contributed by atoms with E-state index >= 15 is 0 Å². The summed E-state index contributed by atoms with van der Waals surface area (Å²) >= 11 is 1.36. The zero-order chi connectivity index (χ0) is 21.3. The highest BCUT2D eigenvalue weighted by atomic mass is 32.1. The van der Waals surface area contributed by atoms with Crippen molar-refractivity contribution in [2.75, 3.05) is 11.9 Å². The second-order valence-electron chi connectivity index (χ2n) is 7.01. The van der Waals surface area contributed by atoms with Gasteiger partial charge in [0.1, 0.15) is 10.5 Å². The molecule has 3 N–H and O–H groups in total. The number of aryl methyl sites for hydroxylation is 2. The van der Waals surface area contributed by atoms with Crippen molar-refractivity contribution >= 4 is 45.2 Å². The molecule has 156 valence electrons. The van der Waals surface area contributed by atoms with Gasteiger partial charge in [-0.3, -0.25) is 9.59 Å². The Morgan fingerprint density at radius 2 is 2.07 bits per heavy atom. The van der Waals surface area contributed by atoms with Crippen LogP contribution >= 0.6 is 11.3 Å². The van der Waals surface area contributed by atoms with Gasteiger partial charge in [-0.2, -0.15) is 0 Å². The van der Waals surface area contributed by atoms with E-state index in [0.29, 0.717) is 22.6 Å². The van der Waals surface area contributed by atoms with E-state index in [4.69, 9.17) is 10.5 Å². The highest BCUT2D eigenvalue weighted by Crippen LogP contribution is 2.37. The number of fused-ring (bicyclic) bond motifs is 2. The lowest BCUT2D eigenvalue weighted by Gasteiger charge is -2.11. The second kappa shape index (κ2) is 8.23. The molecule has 0 aliphatic heterocycles. The van der Waals surface area contributed by atoms with E-state index in [0.717, 1.165) is 41.6 Å². The topological polar surface area (TPSA) is 129 Å². The minimum Gasteiger partial charge on any atom is -0.452 e. The third-order valence-electron chi connectivity index (χ3n) is 5.05. The molecule has 3 aromatic rings. The summed E-state index contributed by atoms with van der Waals surface area (Å²) in [5.74, 6) is -1.73. The van der Waals surface area contributed by atoms with Crippen molar-refractivity contribution in [1.82, 2.24) is 15.0 Å². The lowest BCUT2D eigenvalue weighted by molar-refractivity contribution is -0.119. The number of thiophene rings is 1. The highest BCUT2D eigenvalue weighted by molar-refractivity contribution is 7.17. The number of aromatic nitrogens is 3. The van der Waals surface area contributed by atoms with Crippen LogP contribution in [-0.2, 0) is 28.9 Å². The van der Waals surface area contributed by atoms with Crippen LogP contribution in [0.15, 0.2) is 18.2 Å². The summed E-state index contributed by atoms with van der Waals surface area (Å²) < 4.78 is 6.85. The molecular weight excluding hydrogens is 406 g/mol. The first-order chi connectivity index (χ1) is 14.5. The van der Waals surface area contributed by atoms with Gasteiger partial charge >= 0.3 is 5.97 Å². The Balaban J connectivity index is 1.42. The molecule has 0 atom stereocenters. The largest absolute Gasteiger partial charge is 0.452 e. The molecule has 0 radical (unpaired) electrons. The normalized spacial score (nSPS) is 13.1. The molecule has 1 aliphatic rings. The van der Waals surface area contributed by atoms with Gasteiger partial charge in [0.2, 0.25) is 0 Å². The van der Waals surface area contributed by atoms with Crippen LogP contribution < -0.4 is 11.1 Å². The Labute approximate surface area is 176 Å².